The van der Waals surface area contributed by atoms with Gasteiger partial charge in [-0.1, -0.05) is 12.1 Å². The molecule has 2 saturated heterocycles. The Bertz CT molecular complexity index is 1190. The zero-order valence-corrected chi connectivity index (χ0v) is 19.2. The number of rotatable bonds is 6. The fourth-order valence-corrected chi connectivity index (χ4v) is 4.87. The van der Waals surface area contributed by atoms with Crippen molar-refractivity contribution in [3.05, 3.63) is 53.2 Å². The normalized spacial score (nSPS) is 18.6. The van der Waals surface area contributed by atoms with E-state index >= 15 is 0 Å². The lowest BCUT2D eigenvalue weighted by Crippen LogP contribution is -2.31. The van der Waals surface area contributed by atoms with Gasteiger partial charge in [-0.25, -0.2) is 4.98 Å². The Balaban J connectivity index is 1.36. The van der Waals surface area contributed by atoms with Crippen LogP contribution in [-0.2, 0) is 11.3 Å². The Morgan fingerprint density at radius 2 is 2.09 bits per heavy atom. The van der Waals surface area contributed by atoms with Crippen LogP contribution in [0.25, 0.3) is 11.0 Å². The van der Waals surface area contributed by atoms with E-state index in [1.807, 2.05) is 46.2 Å². The molecule has 0 aliphatic carbocycles. The average Bonchev–Trinajstić information content (AvgIpc) is 3.54. The van der Waals surface area contributed by atoms with Gasteiger partial charge in [-0.15, -0.1) is 0 Å². The van der Waals surface area contributed by atoms with Crippen molar-refractivity contribution in [1.82, 2.24) is 25.0 Å². The van der Waals surface area contributed by atoms with Crippen LogP contribution in [0.1, 0.15) is 67.2 Å². The van der Waals surface area contributed by atoms with E-state index < -0.39 is 0 Å². The number of amides is 2. The smallest absolute Gasteiger partial charge is 0.254 e. The number of carbonyl (C=O) groups excluding carboxylic acids is 2. The van der Waals surface area contributed by atoms with Crippen molar-refractivity contribution in [3.63, 3.8) is 0 Å². The first-order chi connectivity index (χ1) is 16.0. The first-order valence-corrected chi connectivity index (χ1v) is 11.8. The Hall–Kier alpha value is -3.42. The molecule has 1 unspecified atom stereocenters. The number of hydrogen-bond acceptors (Lipinski definition) is 5. The average molecular weight is 447 g/mol. The SMILES string of the molecule is CC(C)Nc1n[nH]c2nc(C3CCCN3C(=O)c3cccc(CN4CCCC4=O)c3)ccc12. The number of fused-ring (bicyclic) bond motifs is 1. The fraction of sp³-hybridized carbons (Fsp3) is 0.440. The number of carbonyl (C=O) groups is 2. The van der Waals surface area contributed by atoms with Gasteiger partial charge >= 0.3 is 0 Å². The monoisotopic (exact) mass is 446 g/mol. The van der Waals surface area contributed by atoms with Crippen LogP contribution < -0.4 is 5.32 Å². The Kier molecular flexibility index (Phi) is 5.74. The molecular formula is C25H30N6O2. The van der Waals surface area contributed by atoms with Gasteiger partial charge < -0.3 is 15.1 Å². The highest BCUT2D eigenvalue weighted by molar-refractivity contribution is 5.95. The summed E-state index contributed by atoms with van der Waals surface area (Å²) in [5.41, 5.74) is 3.27. The first kappa shape index (κ1) is 21.4. The number of aromatic amines is 1. The van der Waals surface area contributed by atoms with E-state index in [1.165, 1.54) is 0 Å². The zero-order valence-electron chi connectivity index (χ0n) is 19.2. The van der Waals surface area contributed by atoms with Crippen molar-refractivity contribution >= 4 is 28.7 Å². The molecule has 33 heavy (non-hydrogen) atoms. The molecule has 0 radical (unpaired) electrons. The molecule has 2 N–H and O–H groups in total. The standard InChI is InChI=1S/C25H30N6O2/c1-16(2)26-23-19-10-11-20(27-24(19)29-28-23)21-8-4-13-31(21)25(33)18-7-3-6-17(14-18)15-30-12-5-9-22(30)32/h3,6-7,10-11,14,16,21H,4-5,8-9,12-13,15H2,1-2H3,(H2,26,27,28,29). The lowest BCUT2D eigenvalue weighted by molar-refractivity contribution is -0.128. The second kappa shape index (κ2) is 8.84. The van der Waals surface area contributed by atoms with Crippen LogP contribution in [-0.4, -0.2) is 55.9 Å². The van der Waals surface area contributed by atoms with Crippen LogP contribution in [0.15, 0.2) is 36.4 Å². The topological polar surface area (TPSA) is 94.2 Å². The van der Waals surface area contributed by atoms with E-state index in [0.29, 0.717) is 25.1 Å². The van der Waals surface area contributed by atoms with Gasteiger partial charge in [0.2, 0.25) is 5.91 Å². The summed E-state index contributed by atoms with van der Waals surface area (Å²) >= 11 is 0. The number of likely N-dealkylation sites (tertiary alicyclic amines) is 2. The molecular weight excluding hydrogens is 416 g/mol. The van der Waals surface area contributed by atoms with Gasteiger partial charge in [0.15, 0.2) is 11.5 Å². The number of pyridine rings is 1. The largest absolute Gasteiger partial charge is 0.366 e. The second-order valence-electron chi connectivity index (χ2n) is 9.28. The molecule has 1 atom stereocenters. The number of H-pyrrole nitrogens is 1. The molecule has 4 heterocycles. The van der Waals surface area contributed by atoms with Crippen LogP contribution in [0.4, 0.5) is 5.82 Å². The van der Waals surface area contributed by atoms with Crippen LogP contribution in [0.3, 0.4) is 0 Å². The van der Waals surface area contributed by atoms with E-state index in [1.54, 1.807) is 0 Å². The molecule has 0 spiro atoms. The number of nitrogens with one attached hydrogen (secondary N) is 2. The van der Waals surface area contributed by atoms with Gasteiger partial charge in [0.05, 0.1) is 17.1 Å². The molecule has 0 bridgehead atoms. The third-order valence-corrected chi connectivity index (χ3v) is 6.44. The number of hydrogen-bond donors (Lipinski definition) is 2. The molecule has 172 valence electrons. The summed E-state index contributed by atoms with van der Waals surface area (Å²) in [5, 5.41) is 11.7. The first-order valence-electron chi connectivity index (χ1n) is 11.8. The predicted molar refractivity (Wildman–Crippen MR) is 127 cm³/mol. The second-order valence-corrected chi connectivity index (χ2v) is 9.28. The summed E-state index contributed by atoms with van der Waals surface area (Å²) in [5.74, 6) is 1.01. The van der Waals surface area contributed by atoms with Crippen LogP contribution >= 0.6 is 0 Å². The summed E-state index contributed by atoms with van der Waals surface area (Å²) in [6.45, 7) is 6.21. The highest BCUT2D eigenvalue weighted by Gasteiger charge is 2.32. The summed E-state index contributed by atoms with van der Waals surface area (Å²) in [7, 11) is 0. The number of benzene rings is 1. The van der Waals surface area contributed by atoms with Gasteiger partial charge in [-0.05, 0) is 62.9 Å². The number of anilines is 1. The quantitative estimate of drug-likeness (QED) is 0.599. The molecule has 8 heteroatoms. The zero-order chi connectivity index (χ0) is 22.9. The van der Waals surface area contributed by atoms with Crippen molar-refractivity contribution in [2.45, 2.75) is 58.2 Å². The minimum Gasteiger partial charge on any atom is -0.366 e. The van der Waals surface area contributed by atoms with Gasteiger partial charge in [0.1, 0.15) is 0 Å². The minimum atomic E-state index is -0.0597. The van der Waals surface area contributed by atoms with Gasteiger partial charge in [-0.2, -0.15) is 5.10 Å². The predicted octanol–water partition coefficient (Wildman–Crippen LogP) is 3.88. The van der Waals surface area contributed by atoms with Gasteiger partial charge in [-0.3, -0.25) is 14.7 Å². The maximum atomic E-state index is 13.5. The van der Waals surface area contributed by atoms with E-state index in [9.17, 15) is 9.59 Å². The van der Waals surface area contributed by atoms with Crippen molar-refractivity contribution < 1.29 is 9.59 Å². The number of nitrogens with zero attached hydrogens (tertiary/aromatic N) is 4. The third kappa shape index (κ3) is 4.29. The fourth-order valence-electron chi connectivity index (χ4n) is 4.87. The maximum absolute atomic E-state index is 13.5. The van der Waals surface area contributed by atoms with Gasteiger partial charge in [0.25, 0.3) is 5.91 Å². The maximum Gasteiger partial charge on any atom is 0.254 e. The molecule has 2 aliphatic heterocycles. The van der Waals surface area contributed by atoms with Crippen molar-refractivity contribution in [2.75, 3.05) is 18.4 Å². The molecule has 0 saturated carbocycles. The molecule has 2 amide bonds. The highest BCUT2D eigenvalue weighted by atomic mass is 16.2. The van der Waals surface area contributed by atoms with E-state index in [2.05, 4.69) is 29.4 Å². The van der Waals surface area contributed by atoms with E-state index in [4.69, 9.17) is 4.98 Å². The summed E-state index contributed by atoms with van der Waals surface area (Å²) in [6.07, 6.45) is 3.37. The molecule has 2 aliphatic rings. The minimum absolute atomic E-state index is 0.0146. The van der Waals surface area contributed by atoms with Crippen LogP contribution in [0.2, 0.25) is 0 Å². The summed E-state index contributed by atoms with van der Waals surface area (Å²) < 4.78 is 0. The van der Waals surface area contributed by atoms with Crippen LogP contribution in [0.5, 0.6) is 0 Å². The van der Waals surface area contributed by atoms with Crippen molar-refractivity contribution in [3.8, 4) is 0 Å². The third-order valence-electron chi connectivity index (χ3n) is 6.44. The van der Waals surface area contributed by atoms with E-state index in [-0.39, 0.29) is 23.9 Å². The van der Waals surface area contributed by atoms with Crippen molar-refractivity contribution in [1.29, 1.82) is 0 Å². The molecule has 2 fully saturated rings. The van der Waals surface area contributed by atoms with Gasteiger partial charge in [0, 0.05) is 37.7 Å². The lowest BCUT2D eigenvalue weighted by atomic mass is 10.1. The Morgan fingerprint density at radius 1 is 1.21 bits per heavy atom. The molecule has 2 aromatic heterocycles. The molecule has 5 rings (SSSR count). The lowest BCUT2D eigenvalue weighted by Gasteiger charge is -2.25. The molecule has 1 aromatic carbocycles. The Labute approximate surface area is 193 Å². The van der Waals surface area contributed by atoms with Crippen molar-refractivity contribution in [2.24, 2.45) is 0 Å². The highest BCUT2D eigenvalue weighted by Crippen LogP contribution is 2.33. The summed E-state index contributed by atoms with van der Waals surface area (Å²) in [4.78, 5) is 34.1. The molecule has 3 aromatic rings. The Morgan fingerprint density at radius 3 is 2.88 bits per heavy atom. The summed E-state index contributed by atoms with van der Waals surface area (Å²) in [6, 6.07) is 11.9. The van der Waals surface area contributed by atoms with Crippen LogP contribution in [0, 0.1) is 0 Å². The molecule has 8 nitrogen and oxygen atoms in total. The number of aromatic nitrogens is 3. The van der Waals surface area contributed by atoms with E-state index in [0.717, 1.165) is 53.9 Å².